The van der Waals surface area contributed by atoms with Crippen molar-refractivity contribution in [3.8, 4) is 40.6 Å². The second kappa shape index (κ2) is 11.5. The first-order chi connectivity index (χ1) is 14.2. The Morgan fingerprint density at radius 1 is 0.759 bits per heavy atom. The highest BCUT2D eigenvalue weighted by atomic mass is 16.5. The number of benzene rings is 2. The molecule has 0 atom stereocenters. The van der Waals surface area contributed by atoms with Gasteiger partial charge in [-0.05, 0) is 29.8 Å². The van der Waals surface area contributed by atoms with E-state index >= 15 is 0 Å². The quantitative estimate of drug-likeness (QED) is 0.473. The molecule has 2 aromatic carbocycles. The molecule has 0 aliphatic rings. The molecule has 0 bridgehead atoms. The summed E-state index contributed by atoms with van der Waals surface area (Å²) in [5.74, 6) is 9.07. The summed E-state index contributed by atoms with van der Waals surface area (Å²) in [6.07, 6.45) is 3.87. The standard InChI is InChI=1S/C23H26O6/c1-24-19-11-10-17(14-20(19)25-2)8-6-12-29-13-7-9-18-15-21(26-3)23(28-5)22(16-18)27-4/h6,8,10-11,14-16H,12-13H2,1-5H3/b8-6+. The molecule has 0 heterocycles. The smallest absolute Gasteiger partial charge is 0.203 e. The molecular formula is C23H26O6. The van der Waals surface area contributed by atoms with Gasteiger partial charge in [-0.15, -0.1) is 0 Å². The molecule has 2 aromatic rings. The first kappa shape index (κ1) is 22.0. The van der Waals surface area contributed by atoms with Gasteiger partial charge >= 0.3 is 0 Å². The van der Waals surface area contributed by atoms with E-state index in [1.165, 1.54) is 0 Å². The van der Waals surface area contributed by atoms with Crippen molar-refractivity contribution < 1.29 is 28.4 Å². The lowest BCUT2D eigenvalue weighted by molar-refractivity contribution is 0.199. The van der Waals surface area contributed by atoms with E-state index in [2.05, 4.69) is 11.8 Å². The van der Waals surface area contributed by atoms with Gasteiger partial charge in [0.05, 0.1) is 42.2 Å². The van der Waals surface area contributed by atoms with E-state index in [9.17, 15) is 0 Å². The van der Waals surface area contributed by atoms with E-state index in [-0.39, 0.29) is 0 Å². The minimum Gasteiger partial charge on any atom is -0.493 e. The molecule has 0 saturated heterocycles. The molecule has 0 saturated carbocycles. The van der Waals surface area contributed by atoms with Gasteiger partial charge in [0.25, 0.3) is 0 Å². The third kappa shape index (κ3) is 6.09. The molecule has 154 valence electrons. The van der Waals surface area contributed by atoms with Crippen molar-refractivity contribution in [2.75, 3.05) is 48.8 Å². The summed E-state index contributed by atoms with van der Waals surface area (Å²) in [6.45, 7) is 0.741. The molecule has 0 amide bonds. The maximum absolute atomic E-state index is 5.53. The Labute approximate surface area is 171 Å². The molecule has 0 aliphatic carbocycles. The average molecular weight is 398 g/mol. The van der Waals surface area contributed by atoms with Crippen molar-refractivity contribution in [2.24, 2.45) is 0 Å². The van der Waals surface area contributed by atoms with E-state index in [4.69, 9.17) is 28.4 Å². The van der Waals surface area contributed by atoms with E-state index in [1.54, 1.807) is 47.7 Å². The van der Waals surface area contributed by atoms with Gasteiger partial charge in [0.2, 0.25) is 5.75 Å². The summed E-state index contributed by atoms with van der Waals surface area (Å²) in [5.41, 5.74) is 1.75. The number of hydrogen-bond acceptors (Lipinski definition) is 6. The Morgan fingerprint density at radius 2 is 1.41 bits per heavy atom. The maximum Gasteiger partial charge on any atom is 0.203 e. The van der Waals surface area contributed by atoms with Crippen LogP contribution in [0.3, 0.4) is 0 Å². The maximum atomic E-state index is 5.53. The van der Waals surface area contributed by atoms with Gasteiger partial charge in [-0.2, -0.15) is 0 Å². The minimum absolute atomic E-state index is 0.299. The Balaban J connectivity index is 1.90. The molecule has 29 heavy (non-hydrogen) atoms. The predicted octanol–water partition coefficient (Wildman–Crippen LogP) is 3.81. The van der Waals surface area contributed by atoms with Crippen LogP contribution in [0.25, 0.3) is 6.08 Å². The van der Waals surface area contributed by atoms with Crippen molar-refractivity contribution >= 4 is 6.08 Å². The average Bonchev–Trinajstić information content (AvgIpc) is 2.77. The molecule has 0 aliphatic heterocycles. The monoisotopic (exact) mass is 398 g/mol. The lowest BCUT2D eigenvalue weighted by atomic mass is 10.2. The first-order valence-electron chi connectivity index (χ1n) is 8.92. The van der Waals surface area contributed by atoms with Crippen LogP contribution in [0.5, 0.6) is 28.7 Å². The molecule has 0 spiro atoms. The zero-order valence-corrected chi connectivity index (χ0v) is 17.4. The second-order valence-corrected chi connectivity index (χ2v) is 5.75. The van der Waals surface area contributed by atoms with Crippen molar-refractivity contribution in [1.82, 2.24) is 0 Å². The summed E-state index contributed by atoms with van der Waals surface area (Å²) >= 11 is 0. The first-order valence-corrected chi connectivity index (χ1v) is 8.92. The van der Waals surface area contributed by atoms with Crippen molar-refractivity contribution in [3.63, 3.8) is 0 Å². The fraction of sp³-hybridized carbons (Fsp3) is 0.304. The second-order valence-electron chi connectivity index (χ2n) is 5.75. The highest BCUT2D eigenvalue weighted by Gasteiger charge is 2.12. The third-order valence-corrected chi connectivity index (χ3v) is 4.00. The Morgan fingerprint density at radius 3 is 2.00 bits per heavy atom. The largest absolute Gasteiger partial charge is 0.493 e. The molecule has 0 N–H and O–H groups in total. The summed E-state index contributed by atoms with van der Waals surface area (Å²) in [7, 11) is 7.93. The highest BCUT2D eigenvalue weighted by molar-refractivity contribution is 5.57. The van der Waals surface area contributed by atoms with E-state index < -0.39 is 0 Å². The topological polar surface area (TPSA) is 55.4 Å². The molecule has 2 rings (SSSR count). The Bertz CT molecular complexity index is 867. The molecule has 0 aromatic heterocycles. The van der Waals surface area contributed by atoms with Crippen LogP contribution in [0, 0.1) is 11.8 Å². The number of rotatable bonds is 9. The molecular weight excluding hydrogens is 372 g/mol. The van der Waals surface area contributed by atoms with E-state index in [0.29, 0.717) is 42.0 Å². The minimum atomic E-state index is 0.299. The fourth-order valence-corrected chi connectivity index (χ4v) is 2.61. The highest BCUT2D eigenvalue weighted by Crippen LogP contribution is 2.37. The van der Waals surface area contributed by atoms with Crippen LogP contribution >= 0.6 is 0 Å². The summed E-state index contributed by atoms with van der Waals surface area (Å²) in [5, 5.41) is 0. The van der Waals surface area contributed by atoms with E-state index in [1.807, 2.05) is 30.4 Å². The molecule has 0 fully saturated rings. The van der Waals surface area contributed by atoms with Crippen LogP contribution in [0.15, 0.2) is 36.4 Å². The van der Waals surface area contributed by atoms with Crippen molar-refractivity contribution in [2.45, 2.75) is 0 Å². The van der Waals surface area contributed by atoms with Crippen LogP contribution in [0.1, 0.15) is 11.1 Å². The van der Waals surface area contributed by atoms with Gasteiger partial charge in [-0.3, -0.25) is 0 Å². The van der Waals surface area contributed by atoms with Gasteiger partial charge in [0.15, 0.2) is 23.0 Å². The predicted molar refractivity (Wildman–Crippen MR) is 112 cm³/mol. The van der Waals surface area contributed by atoms with Crippen LogP contribution in [-0.4, -0.2) is 48.8 Å². The van der Waals surface area contributed by atoms with E-state index in [0.717, 1.165) is 11.1 Å². The van der Waals surface area contributed by atoms with Crippen molar-refractivity contribution in [3.05, 3.63) is 47.5 Å². The SMILES string of the molecule is COc1ccc(/C=C/COCC#Cc2cc(OC)c(OC)c(OC)c2)cc1OC. The third-order valence-electron chi connectivity index (χ3n) is 4.00. The zero-order valence-electron chi connectivity index (χ0n) is 17.4. The number of methoxy groups -OCH3 is 5. The summed E-state index contributed by atoms with van der Waals surface area (Å²) < 4.78 is 32.0. The Hall–Kier alpha value is -3.30. The van der Waals surface area contributed by atoms with Gasteiger partial charge in [0.1, 0.15) is 6.61 Å². The molecule has 6 nitrogen and oxygen atoms in total. The van der Waals surface area contributed by atoms with Crippen LogP contribution < -0.4 is 23.7 Å². The number of hydrogen-bond donors (Lipinski definition) is 0. The fourth-order valence-electron chi connectivity index (χ4n) is 2.61. The lowest BCUT2D eigenvalue weighted by Crippen LogP contribution is -1.96. The van der Waals surface area contributed by atoms with Crippen LogP contribution in [0.2, 0.25) is 0 Å². The lowest BCUT2D eigenvalue weighted by Gasteiger charge is -2.12. The van der Waals surface area contributed by atoms with Gasteiger partial charge in [-0.25, -0.2) is 0 Å². The van der Waals surface area contributed by atoms with Gasteiger partial charge < -0.3 is 28.4 Å². The number of ether oxygens (including phenoxy) is 6. The summed E-state index contributed by atoms with van der Waals surface area (Å²) in [6, 6.07) is 9.31. The normalized spacial score (nSPS) is 10.2. The van der Waals surface area contributed by atoms with Crippen LogP contribution in [-0.2, 0) is 4.74 Å². The molecule has 0 radical (unpaired) electrons. The molecule has 6 heteroatoms. The van der Waals surface area contributed by atoms with Gasteiger partial charge in [-0.1, -0.05) is 30.1 Å². The van der Waals surface area contributed by atoms with Crippen molar-refractivity contribution in [1.29, 1.82) is 0 Å². The zero-order chi connectivity index (χ0) is 21.1. The molecule has 0 unspecified atom stereocenters. The van der Waals surface area contributed by atoms with Gasteiger partial charge in [0, 0.05) is 5.56 Å². The Kier molecular flexibility index (Phi) is 8.74. The van der Waals surface area contributed by atoms with Crippen LogP contribution in [0.4, 0.5) is 0 Å². The summed E-state index contributed by atoms with van der Waals surface area (Å²) in [4.78, 5) is 0.